The second-order valence-electron chi connectivity index (χ2n) is 8.37. The van der Waals surface area contributed by atoms with E-state index < -0.39 is 0 Å². The molecule has 6 rings (SSSR count). The van der Waals surface area contributed by atoms with Gasteiger partial charge in [-0.25, -0.2) is 4.79 Å². The monoisotopic (exact) mass is 417 g/mol. The van der Waals surface area contributed by atoms with Crippen LogP contribution in [0.2, 0.25) is 0 Å². The molecule has 1 aliphatic carbocycles. The van der Waals surface area contributed by atoms with Gasteiger partial charge in [0, 0.05) is 41.9 Å². The molecule has 0 radical (unpaired) electrons. The predicted octanol–water partition coefficient (Wildman–Crippen LogP) is 4.01. The number of hydrogen-bond donors (Lipinski definition) is 0. The lowest BCUT2D eigenvalue weighted by molar-refractivity contribution is 0.171. The topological polar surface area (TPSA) is 61.1 Å². The van der Waals surface area contributed by atoms with Gasteiger partial charge in [-0.1, -0.05) is 0 Å². The van der Waals surface area contributed by atoms with Crippen molar-refractivity contribution in [3.63, 3.8) is 0 Å². The number of aryl methyl sites for hydroxylation is 2. The van der Waals surface area contributed by atoms with Crippen LogP contribution in [0, 0.1) is 0 Å². The first-order valence-electron chi connectivity index (χ1n) is 10.6. The highest BCUT2D eigenvalue weighted by Gasteiger charge is 2.28. The smallest absolute Gasteiger partial charge is 0.336 e. The van der Waals surface area contributed by atoms with Crippen molar-refractivity contribution in [1.82, 2.24) is 4.90 Å². The van der Waals surface area contributed by atoms with Crippen molar-refractivity contribution in [2.45, 2.75) is 25.7 Å². The van der Waals surface area contributed by atoms with Gasteiger partial charge in [0.25, 0.3) is 0 Å². The lowest BCUT2D eigenvalue weighted by atomic mass is 9.98. The predicted molar refractivity (Wildman–Crippen MR) is 118 cm³/mol. The number of methoxy groups -OCH3 is 1. The lowest BCUT2D eigenvalue weighted by Crippen LogP contribution is -2.19. The van der Waals surface area contributed by atoms with Gasteiger partial charge in [-0.2, -0.15) is 0 Å². The van der Waals surface area contributed by atoms with Crippen LogP contribution in [0.5, 0.6) is 17.2 Å². The molecule has 3 aliphatic rings. The Bertz CT molecular complexity index is 1320. The highest BCUT2D eigenvalue weighted by Crippen LogP contribution is 2.47. The molecule has 0 unspecified atom stereocenters. The van der Waals surface area contributed by atoms with Gasteiger partial charge in [-0.05, 0) is 66.6 Å². The maximum Gasteiger partial charge on any atom is 0.336 e. The first-order chi connectivity index (χ1) is 15.1. The molecule has 6 nitrogen and oxygen atoms in total. The van der Waals surface area contributed by atoms with Crippen LogP contribution >= 0.6 is 0 Å². The van der Waals surface area contributed by atoms with Gasteiger partial charge in [-0.15, -0.1) is 0 Å². The van der Waals surface area contributed by atoms with Gasteiger partial charge in [0.1, 0.15) is 5.58 Å². The van der Waals surface area contributed by atoms with Gasteiger partial charge >= 0.3 is 5.63 Å². The Morgan fingerprint density at radius 3 is 2.68 bits per heavy atom. The molecule has 31 heavy (non-hydrogen) atoms. The molecule has 0 bridgehead atoms. The molecule has 2 aliphatic heterocycles. The summed E-state index contributed by atoms with van der Waals surface area (Å²) in [6.45, 7) is 0.995. The molecule has 0 atom stereocenters. The van der Waals surface area contributed by atoms with Crippen molar-refractivity contribution in [3.8, 4) is 17.2 Å². The maximum absolute atomic E-state index is 12.5. The van der Waals surface area contributed by atoms with E-state index in [1.54, 1.807) is 13.2 Å². The van der Waals surface area contributed by atoms with E-state index in [-0.39, 0.29) is 12.4 Å². The summed E-state index contributed by atoms with van der Waals surface area (Å²) in [5.41, 5.74) is 6.90. The van der Waals surface area contributed by atoms with Crippen LogP contribution in [-0.4, -0.2) is 32.4 Å². The second-order valence-corrected chi connectivity index (χ2v) is 8.37. The molecule has 0 N–H and O–H groups in total. The molecule has 0 spiro atoms. The van der Waals surface area contributed by atoms with Crippen molar-refractivity contribution >= 4 is 22.7 Å². The lowest BCUT2D eigenvalue weighted by Gasteiger charge is -2.22. The Morgan fingerprint density at radius 1 is 1.00 bits per heavy atom. The largest absolute Gasteiger partial charge is 0.492 e. The van der Waals surface area contributed by atoms with Gasteiger partial charge in [0.2, 0.25) is 12.5 Å². The highest BCUT2D eigenvalue weighted by molar-refractivity contribution is 5.96. The van der Waals surface area contributed by atoms with Crippen LogP contribution in [0.15, 0.2) is 33.5 Å². The van der Waals surface area contributed by atoms with Gasteiger partial charge in [0.15, 0.2) is 11.5 Å². The standard InChI is InChI=1S/C25H23NO5/c1-26-7-6-16-10-22-25(30-13-29-22)24(28-2)17(16)11-20(26)18-12-23(27)31-21-9-15-5-3-4-14(15)8-19(18)21/h8-12H,3-7,13H2,1-2H3. The minimum absolute atomic E-state index is 0.195. The van der Waals surface area contributed by atoms with Gasteiger partial charge in [-0.3, -0.25) is 0 Å². The van der Waals surface area contributed by atoms with Crippen LogP contribution in [0.1, 0.15) is 34.2 Å². The summed E-state index contributed by atoms with van der Waals surface area (Å²) in [5, 5.41) is 0.974. The molecule has 3 heterocycles. The molecule has 0 saturated carbocycles. The van der Waals surface area contributed by atoms with E-state index in [9.17, 15) is 4.79 Å². The van der Waals surface area contributed by atoms with Crippen molar-refractivity contribution in [2.75, 3.05) is 27.5 Å². The first-order valence-corrected chi connectivity index (χ1v) is 10.6. The van der Waals surface area contributed by atoms with Crippen LogP contribution in [0.3, 0.4) is 0 Å². The molecule has 0 saturated heterocycles. The van der Waals surface area contributed by atoms with Crippen LogP contribution in [0.25, 0.3) is 22.7 Å². The van der Waals surface area contributed by atoms with Crippen molar-refractivity contribution in [3.05, 3.63) is 62.5 Å². The molecule has 2 aromatic carbocycles. The van der Waals surface area contributed by atoms with Crippen molar-refractivity contribution in [1.29, 1.82) is 0 Å². The molecule has 3 aromatic rings. The van der Waals surface area contributed by atoms with E-state index in [2.05, 4.69) is 24.1 Å². The Kier molecular flexibility index (Phi) is 4.03. The van der Waals surface area contributed by atoms with Crippen LogP contribution in [-0.2, 0) is 19.3 Å². The molecule has 0 fully saturated rings. The third-order valence-corrected chi connectivity index (χ3v) is 6.59. The van der Waals surface area contributed by atoms with Crippen LogP contribution < -0.4 is 19.8 Å². The number of hydrogen-bond acceptors (Lipinski definition) is 6. The summed E-state index contributed by atoms with van der Waals surface area (Å²) in [5.74, 6) is 2.03. The Balaban J connectivity index is 1.62. The fourth-order valence-corrected chi connectivity index (χ4v) is 5.03. The van der Waals surface area contributed by atoms with Crippen molar-refractivity contribution in [2.24, 2.45) is 0 Å². The number of benzene rings is 2. The fraction of sp³-hybridized carbons (Fsp3) is 0.320. The summed E-state index contributed by atoms with van der Waals surface area (Å²) >= 11 is 0. The average molecular weight is 417 g/mol. The summed E-state index contributed by atoms with van der Waals surface area (Å²) in [6, 6.07) is 7.90. The Hall–Kier alpha value is -3.41. The molecule has 0 amide bonds. The summed E-state index contributed by atoms with van der Waals surface area (Å²) in [6.07, 6.45) is 6.18. The highest BCUT2D eigenvalue weighted by atomic mass is 16.7. The molecule has 158 valence electrons. The number of ether oxygens (including phenoxy) is 3. The normalized spacial score (nSPS) is 16.7. The number of nitrogens with zero attached hydrogens (tertiary/aromatic N) is 1. The zero-order valence-electron chi connectivity index (χ0n) is 17.6. The molecular weight excluding hydrogens is 394 g/mol. The summed E-state index contributed by atoms with van der Waals surface area (Å²) in [4.78, 5) is 14.7. The number of likely N-dealkylation sites (N-methyl/N-ethyl adjacent to an activating group) is 1. The minimum atomic E-state index is -0.336. The third kappa shape index (κ3) is 2.81. The number of rotatable bonds is 2. The molecule has 1 aromatic heterocycles. The van der Waals surface area contributed by atoms with Crippen LogP contribution in [0.4, 0.5) is 0 Å². The summed E-state index contributed by atoms with van der Waals surface area (Å²) in [7, 11) is 3.70. The van der Waals surface area contributed by atoms with E-state index in [1.807, 2.05) is 12.1 Å². The average Bonchev–Trinajstić information content (AvgIpc) is 3.38. The van der Waals surface area contributed by atoms with Gasteiger partial charge in [0.05, 0.1) is 7.11 Å². The maximum atomic E-state index is 12.5. The fourth-order valence-electron chi connectivity index (χ4n) is 5.03. The quantitative estimate of drug-likeness (QED) is 0.588. The SMILES string of the molecule is COc1c2c(cc3c1OCO3)CCN(C)C(c1cc(=O)oc3cc4c(cc13)CCC4)=C2. The molecular formula is C25H23NO5. The third-order valence-electron chi connectivity index (χ3n) is 6.59. The first kappa shape index (κ1) is 18.4. The zero-order chi connectivity index (χ0) is 21.1. The van der Waals surface area contributed by atoms with E-state index in [1.165, 1.54) is 11.1 Å². The summed E-state index contributed by atoms with van der Waals surface area (Å²) < 4.78 is 22.6. The zero-order valence-corrected chi connectivity index (χ0v) is 17.6. The minimum Gasteiger partial charge on any atom is -0.492 e. The van der Waals surface area contributed by atoms with Gasteiger partial charge < -0.3 is 23.5 Å². The Labute approximate surface area is 179 Å². The second kappa shape index (κ2) is 6.80. The number of fused-ring (bicyclic) bond motifs is 4. The van der Waals surface area contributed by atoms with E-state index in [0.29, 0.717) is 17.1 Å². The Morgan fingerprint density at radius 2 is 1.84 bits per heavy atom. The van der Waals surface area contributed by atoms with Crippen molar-refractivity contribution < 1.29 is 18.6 Å². The van der Waals surface area contributed by atoms with E-state index >= 15 is 0 Å². The van der Waals surface area contributed by atoms with E-state index in [4.69, 9.17) is 18.6 Å². The van der Waals surface area contributed by atoms with E-state index in [0.717, 1.165) is 65.8 Å². The molecule has 6 heteroatoms.